The summed E-state index contributed by atoms with van der Waals surface area (Å²) >= 11 is 0. The highest BCUT2D eigenvalue weighted by Crippen LogP contribution is 2.12. The molecule has 0 heterocycles. The second-order valence-electron chi connectivity index (χ2n) is 8.08. The number of hydrogen-bond donors (Lipinski definition) is 0. The normalized spacial score (nSPS) is 11.0. The van der Waals surface area contributed by atoms with Crippen molar-refractivity contribution in [3.8, 4) is 0 Å². The Kier molecular flexibility index (Phi) is 20.4. The minimum Gasteiger partial charge on any atom is -0.343 e. The summed E-state index contributed by atoms with van der Waals surface area (Å²) in [5, 5.41) is 0. The molecule has 0 aliphatic rings. The molecule has 0 aromatic rings. The van der Waals surface area contributed by atoms with Gasteiger partial charge in [-0.05, 0) is 19.3 Å². The first-order chi connectivity index (χ1) is 12.8. The Morgan fingerprint density at radius 3 is 1.31 bits per heavy atom. The fourth-order valence-corrected chi connectivity index (χ4v) is 3.57. The quantitative estimate of drug-likeness (QED) is 0.200. The Morgan fingerprint density at radius 1 is 0.500 bits per heavy atom. The Hall–Kier alpha value is -0.530. The van der Waals surface area contributed by atoms with Crippen LogP contribution in [0.4, 0.5) is 0 Å². The molecule has 0 atom stereocenters. The zero-order valence-electron chi connectivity index (χ0n) is 18.5. The molecule has 0 saturated heterocycles. The van der Waals surface area contributed by atoms with Crippen molar-refractivity contribution in [2.24, 2.45) is 0 Å². The van der Waals surface area contributed by atoms with Gasteiger partial charge in [0.2, 0.25) is 5.91 Å². The summed E-state index contributed by atoms with van der Waals surface area (Å²) in [6, 6.07) is 0. The van der Waals surface area contributed by atoms with E-state index in [1.54, 1.807) is 0 Å². The molecule has 26 heavy (non-hydrogen) atoms. The van der Waals surface area contributed by atoms with Crippen LogP contribution in [0.3, 0.4) is 0 Å². The van der Waals surface area contributed by atoms with Gasteiger partial charge in [-0.2, -0.15) is 0 Å². The summed E-state index contributed by atoms with van der Waals surface area (Å²) in [5.41, 5.74) is 0. The average molecular weight is 368 g/mol. The molecule has 0 fully saturated rings. The van der Waals surface area contributed by atoms with Crippen molar-refractivity contribution in [2.75, 3.05) is 13.1 Å². The zero-order valence-corrected chi connectivity index (χ0v) is 18.5. The number of rotatable bonds is 20. The van der Waals surface area contributed by atoms with E-state index in [1.807, 2.05) is 0 Å². The Balaban J connectivity index is 3.94. The largest absolute Gasteiger partial charge is 0.343 e. The third-order valence-corrected chi connectivity index (χ3v) is 5.41. The average Bonchev–Trinajstić information content (AvgIpc) is 2.65. The highest BCUT2D eigenvalue weighted by atomic mass is 16.2. The standard InChI is InChI=1S/C24H49NO/c1-4-7-10-13-14-15-17-20-23-25(22-19-12-9-6-3)24(26)21-18-16-11-8-5-2/h4-23H2,1-3H3. The molecular formula is C24H49NO. The van der Waals surface area contributed by atoms with Gasteiger partial charge in [-0.25, -0.2) is 0 Å². The van der Waals surface area contributed by atoms with Crippen LogP contribution < -0.4 is 0 Å². The van der Waals surface area contributed by atoms with Crippen molar-refractivity contribution in [2.45, 2.75) is 136 Å². The third kappa shape index (κ3) is 16.9. The topological polar surface area (TPSA) is 20.3 Å². The van der Waals surface area contributed by atoms with Crippen LogP contribution in [0.15, 0.2) is 0 Å². The van der Waals surface area contributed by atoms with Gasteiger partial charge in [0.15, 0.2) is 0 Å². The van der Waals surface area contributed by atoms with Gasteiger partial charge in [-0.1, -0.05) is 111 Å². The van der Waals surface area contributed by atoms with E-state index in [0.717, 1.165) is 25.9 Å². The number of nitrogens with zero attached hydrogens (tertiary/aromatic N) is 1. The van der Waals surface area contributed by atoms with Crippen molar-refractivity contribution in [3.63, 3.8) is 0 Å². The Labute approximate surface area is 165 Å². The van der Waals surface area contributed by atoms with E-state index in [-0.39, 0.29) is 0 Å². The van der Waals surface area contributed by atoms with Crippen LogP contribution in [0, 0.1) is 0 Å². The first-order valence-corrected chi connectivity index (χ1v) is 12.0. The van der Waals surface area contributed by atoms with E-state index >= 15 is 0 Å². The summed E-state index contributed by atoms with van der Waals surface area (Å²) in [5.74, 6) is 0.418. The molecule has 0 saturated carbocycles. The molecule has 0 radical (unpaired) electrons. The lowest BCUT2D eigenvalue weighted by atomic mass is 10.1. The molecule has 156 valence electrons. The molecule has 0 N–H and O–H groups in total. The van der Waals surface area contributed by atoms with Gasteiger partial charge in [0.05, 0.1) is 0 Å². The molecule has 0 aliphatic heterocycles. The number of unbranched alkanes of at least 4 members (excludes halogenated alkanes) is 14. The van der Waals surface area contributed by atoms with Crippen molar-refractivity contribution < 1.29 is 4.79 Å². The van der Waals surface area contributed by atoms with Crippen molar-refractivity contribution in [3.05, 3.63) is 0 Å². The summed E-state index contributed by atoms with van der Waals surface area (Å²) in [4.78, 5) is 14.8. The summed E-state index contributed by atoms with van der Waals surface area (Å²) in [6.45, 7) is 8.75. The molecule has 0 rings (SSSR count). The highest BCUT2D eigenvalue weighted by molar-refractivity contribution is 5.76. The van der Waals surface area contributed by atoms with Crippen LogP contribution in [-0.4, -0.2) is 23.9 Å². The monoisotopic (exact) mass is 367 g/mol. The van der Waals surface area contributed by atoms with Crippen LogP contribution in [0.25, 0.3) is 0 Å². The SMILES string of the molecule is CCCCCCCCCCN(CCCCCC)C(=O)CCCCCCC. The maximum absolute atomic E-state index is 12.6. The van der Waals surface area contributed by atoms with E-state index in [9.17, 15) is 4.79 Å². The minimum absolute atomic E-state index is 0.418. The first-order valence-electron chi connectivity index (χ1n) is 12.0. The third-order valence-electron chi connectivity index (χ3n) is 5.41. The van der Waals surface area contributed by atoms with Crippen molar-refractivity contribution >= 4 is 5.91 Å². The van der Waals surface area contributed by atoms with Gasteiger partial charge in [0.1, 0.15) is 0 Å². The predicted molar refractivity (Wildman–Crippen MR) is 117 cm³/mol. The maximum Gasteiger partial charge on any atom is 0.222 e. The maximum atomic E-state index is 12.6. The lowest BCUT2D eigenvalue weighted by Gasteiger charge is -2.23. The van der Waals surface area contributed by atoms with Gasteiger partial charge in [0.25, 0.3) is 0 Å². The zero-order chi connectivity index (χ0) is 19.3. The fraction of sp³-hybridized carbons (Fsp3) is 0.958. The lowest BCUT2D eigenvalue weighted by molar-refractivity contribution is -0.131. The van der Waals surface area contributed by atoms with Crippen LogP contribution in [-0.2, 0) is 4.79 Å². The predicted octanol–water partition coefficient (Wildman–Crippen LogP) is 7.90. The molecule has 0 aromatic carbocycles. The number of carbonyl (C=O) groups is 1. The van der Waals surface area contributed by atoms with Gasteiger partial charge >= 0.3 is 0 Å². The first kappa shape index (κ1) is 25.5. The van der Waals surface area contributed by atoms with Crippen LogP contribution >= 0.6 is 0 Å². The van der Waals surface area contributed by atoms with Crippen LogP contribution in [0.2, 0.25) is 0 Å². The molecule has 0 aromatic heterocycles. The molecule has 2 nitrogen and oxygen atoms in total. The number of amides is 1. The molecule has 0 bridgehead atoms. The number of hydrogen-bond acceptors (Lipinski definition) is 1. The van der Waals surface area contributed by atoms with E-state index in [0.29, 0.717) is 5.91 Å². The van der Waals surface area contributed by atoms with E-state index in [1.165, 1.54) is 103 Å². The second-order valence-corrected chi connectivity index (χ2v) is 8.08. The second kappa shape index (κ2) is 20.8. The van der Waals surface area contributed by atoms with Crippen LogP contribution in [0.5, 0.6) is 0 Å². The molecule has 1 amide bonds. The summed E-state index contributed by atoms with van der Waals surface area (Å²) in [6.07, 6.45) is 22.7. The van der Waals surface area contributed by atoms with E-state index < -0.39 is 0 Å². The molecule has 0 spiro atoms. The van der Waals surface area contributed by atoms with Gasteiger partial charge in [-0.15, -0.1) is 0 Å². The minimum atomic E-state index is 0.418. The Morgan fingerprint density at radius 2 is 0.846 bits per heavy atom. The molecule has 2 heteroatoms. The summed E-state index contributed by atoms with van der Waals surface area (Å²) < 4.78 is 0. The fourth-order valence-electron chi connectivity index (χ4n) is 3.57. The van der Waals surface area contributed by atoms with Crippen molar-refractivity contribution in [1.29, 1.82) is 0 Å². The Bertz CT molecular complexity index is 290. The molecule has 0 unspecified atom stereocenters. The van der Waals surface area contributed by atoms with Gasteiger partial charge in [-0.3, -0.25) is 4.79 Å². The number of carbonyl (C=O) groups excluding carboxylic acids is 1. The van der Waals surface area contributed by atoms with Crippen LogP contribution in [0.1, 0.15) is 136 Å². The highest BCUT2D eigenvalue weighted by Gasteiger charge is 2.12. The van der Waals surface area contributed by atoms with Gasteiger partial charge < -0.3 is 4.90 Å². The van der Waals surface area contributed by atoms with E-state index in [2.05, 4.69) is 25.7 Å². The molecular weight excluding hydrogens is 318 g/mol. The molecule has 0 aliphatic carbocycles. The summed E-state index contributed by atoms with van der Waals surface area (Å²) in [7, 11) is 0. The smallest absolute Gasteiger partial charge is 0.222 e. The lowest BCUT2D eigenvalue weighted by Crippen LogP contribution is -2.32. The van der Waals surface area contributed by atoms with Gasteiger partial charge in [0, 0.05) is 19.5 Å². The van der Waals surface area contributed by atoms with Crippen molar-refractivity contribution in [1.82, 2.24) is 4.90 Å². The van der Waals surface area contributed by atoms with E-state index in [4.69, 9.17) is 0 Å².